The lowest BCUT2D eigenvalue weighted by molar-refractivity contribution is -0.131. The maximum atomic E-state index is 13.3. The standard InChI is InChI=1S/C22H18N6O2/c1-22(17-12-11-15-7-5-6-8-16(15)13-17)20(29)27(21(30)23-22)14-19-24-25-26-28(19)18-9-3-2-4-10-18/h2-13H,14H2,1H3,(H,23,30). The molecule has 0 aliphatic carbocycles. The van der Waals surface area contributed by atoms with Crippen molar-refractivity contribution in [2.24, 2.45) is 0 Å². The van der Waals surface area contributed by atoms with Gasteiger partial charge in [-0.15, -0.1) is 5.10 Å². The highest BCUT2D eigenvalue weighted by atomic mass is 16.2. The Hall–Kier alpha value is -4.07. The van der Waals surface area contributed by atoms with Gasteiger partial charge in [-0.3, -0.25) is 9.69 Å². The maximum absolute atomic E-state index is 13.3. The zero-order chi connectivity index (χ0) is 20.7. The molecule has 4 aromatic rings. The second-order valence-corrected chi connectivity index (χ2v) is 7.35. The van der Waals surface area contributed by atoms with Gasteiger partial charge in [-0.05, 0) is 51.9 Å². The number of amides is 3. The summed E-state index contributed by atoms with van der Waals surface area (Å²) in [5.74, 6) is 0.0536. The van der Waals surface area contributed by atoms with Crippen molar-refractivity contribution in [2.45, 2.75) is 19.0 Å². The van der Waals surface area contributed by atoms with Gasteiger partial charge < -0.3 is 5.32 Å². The SMILES string of the molecule is CC1(c2ccc3ccccc3c2)NC(=O)N(Cc2nnnn2-c2ccccc2)C1=O. The van der Waals surface area contributed by atoms with E-state index < -0.39 is 11.6 Å². The van der Waals surface area contributed by atoms with Crippen molar-refractivity contribution >= 4 is 22.7 Å². The van der Waals surface area contributed by atoms with Gasteiger partial charge in [0.25, 0.3) is 5.91 Å². The van der Waals surface area contributed by atoms with Crippen LogP contribution in [-0.4, -0.2) is 37.0 Å². The monoisotopic (exact) mass is 398 g/mol. The van der Waals surface area contributed by atoms with Crippen LogP contribution in [0.25, 0.3) is 16.5 Å². The third-order valence-corrected chi connectivity index (χ3v) is 5.44. The van der Waals surface area contributed by atoms with Gasteiger partial charge in [0.15, 0.2) is 5.82 Å². The molecule has 5 rings (SSSR count). The molecule has 0 saturated carbocycles. The molecule has 2 heterocycles. The van der Waals surface area contributed by atoms with Crippen molar-refractivity contribution in [3.8, 4) is 5.69 Å². The van der Waals surface area contributed by atoms with Crippen LogP contribution in [0.1, 0.15) is 18.3 Å². The summed E-state index contributed by atoms with van der Waals surface area (Å²) in [5.41, 5.74) is 0.318. The minimum absolute atomic E-state index is 0.0320. The van der Waals surface area contributed by atoms with Gasteiger partial charge in [-0.2, -0.15) is 4.68 Å². The maximum Gasteiger partial charge on any atom is 0.325 e. The summed E-state index contributed by atoms with van der Waals surface area (Å²) in [5, 5.41) is 16.6. The number of para-hydroxylation sites is 1. The lowest BCUT2D eigenvalue weighted by Crippen LogP contribution is -2.40. The molecule has 1 N–H and O–H groups in total. The highest BCUT2D eigenvalue weighted by Crippen LogP contribution is 2.31. The molecule has 1 aliphatic rings. The third kappa shape index (κ3) is 2.81. The molecule has 3 aromatic carbocycles. The molecule has 0 bridgehead atoms. The van der Waals surface area contributed by atoms with Gasteiger partial charge in [-0.1, -0.05) is 54.6 Å². The van der Waals surface area contributed by atoms with Crippen LogP contribution in [0.4, 0.5) is 4.79 Å². The van der Waals surface area contributed by atoms with Gasteiger partial charge in [-0.25, -0.2) is 4.79 Å². The number of aromatic nitrogens is 4. The highest BCUT2D eigenvalue weighted by molar-refractivity contribution is 6.07. The predicted molar refractivity (Wildman–Crippen MR) is 110 cm³/mol. The van der Waals surface area contributed by atoms with E-state index in [0.29, 0.717) is 5.82 Å². The lowest BCUT2D eigenvalue weighted by Gasteiger charge is -2.22. The first-order chi connectivity index (χ1) is 14.6. The Morgan fingerprint density at radius 2 is 1.67 bits per heavy atom. The quantitative estimate of drug-likeness (QED) is 0.534. The summed E-state index contributed by atoms with van der Waals surface area (Å²) in [6.07, 6.45) is 0. The Bertz CT molecular complexity index is 1270. The molecule has 0 spiro atoms. The molecule has 1 aliphatic heterocycles. The number of fused-ring (bicyclic) bond motifs is 1. The van der Waals surface area contributed by atoms with Crippen LogP contribution >= 0.6 is 0 Å². The summed E-state index contributed by atoms with van der Waals surface area (Å²) in [7, 11) is 0. The fourth-order valence-corrected chi connectivity index (χ4v) is 3.75. The van der Waals surface area contributed by atoms with Gasteiger partial charge >= 0.3 is 6.03 Å². The number of hydrogen-bond acceptors (Lipinski definition) is 5. The first-order valence-electron chi connectivity index (χ1n) is 9.52. The van der Waals surface area contributed by atoms with Crippen molar-refractivity contribution in [3.63, 3.8) is 0 Å². The number of rotatable bonds is 4. The van der Waals surface area contributed by atoms with E-state index >= 15 is 0 Å². The van der Waals surface area contributed by atoms with Crippen LogP contribution in [0.15, 0.2) is 72.8 Å². The fraction of sp³-hybridized carbons (Fsp3) is 0.136. The molecule has 1 aromatic heterocycles. The summed E-state index contributed by atoms with van der Waals surface area (Å²) in [6, 6.07) is 22.5. The van der Waals surface area contributed by atoms with Crippen molar-refractivity contribution in [3.05, 3.63) is 84.2 Å². The number of urea groups is 1. The van der Waals surface area contributed by atoms with Crippen LogP contribution in [0.2, 0.25) is 0 Å². The number of tetrazole rings is 1. The summed E-state index contributed by atoms with van der Waals surface area (Å²) in [6.45, 7) is 1.69. The predicted octanol–water partition coefficient (Wildman–Crippen LogP) is 2.78. The molecule has 1 fully saturated rings. The molecule has 148 valence electrons. The zero-order valence-corrected chi connectivity index (χ0v) is 16.2. The van der Waals surface area contributed by atoms with Crippen molar-refractivity contribution in [2.75, 3.05) is 0 Å². The van der Waals surface area contributed by atoms with Crippen LogP contribution in [0.3, 0.4) is 0 Å². The molecule has 1 atom stereocenters. The van der Waals surface area contributed by atoms with E-state index in [0.717, 1.165) is 26.9 Å². The van der Waals surface area contributed by atoms with Crippen molar-refractivity contribution in [1.29, 1.82) is 0 Å². The minimum atomic E-state index is -1.16. The summed E-state index contributed by atoms with van der Waals surface area (Å²) in [4.78, 5) is 27.2. The van der Waals surface area contributed by atoms with E-state index in [9.17, 15) is 9.59 Å². The number of benzene rings is 3. The van der Waals surface area contributed by atoms with Gasteiger partial charge in [0.1, 0.15) is 5.54 Å². The van der Waals surface area contributed by atoms with Crippen LogP contribution in [0.5, 0.6) is 0 Å². The topological polar surface area (TPSA) is 93.0 Å². The van der Waals surface area contributed by atoms with E-state index in [4.69, 9.17) is 0 Å². The van der Waals surface area contributed by atoms with E-state index in [1.807, 2.05) is 72.8 Å². The molecular weight excluding hydrogens is 380 g/mol. The number of nitrogens with one attached hydrogen (secondary N) is 1. The average molecular weight is 398 g/mol. The normalized spacial score (nSPS) is 18.8. The molecule has 1 unspecified atom stereocenters. The first kappa shape index (κ1) is 18.0. The van der Waals surface area contributed by atoms with E-state index in [-0.39, 0.29) is 12.5 Å². The van der Waals surface area contributed by atoms with Gasteiger partial charge in [0.05, 0.1) is 12.2 Å². The second-order valence-electron chi connectivity index (χ2n) is 7.35. The van der Waals surface area contributed by atoms with E-state index in [1.54, 1.807) is 6.92 Å². The molecule has 30 heavy (non-hydrogen) atoms. The summed E-state index contributed by atoms with van der Waals surface area (Å²) < 4.78 is 1.52. The second kappa shape index (κ2) is 6.77. The Morgan fingerprint density at radius 3 is 2.47 bits per heavy atom. The number of nitrogens with zero attached hydrogens (tertiary/aromatic N) is 5. The van der Waals surface area contributed by atoms with Gasteiger partial charge in [0.2, 0.25) is 0 Å². The minimum Gasteiger partial charge on any atom is -0.319 e. The largest absolute Gasteiger partial charge is 0.325 e. The van der Waals surface area contributed by atoms with Crippen LogP contribution < -0.4 is 5.32 Å². The van der Waals surface area contributed by atoms with Crippen LogP contribution in [0, 0.1) is 0 Å². The summed E-state index contributed by atoms with van der Waals surface area (Å²) >= 11 is 0. The molecule has 0 radical (unpaired) electrons. The van der Waals surface area contributed by atoms with Crippen LogP contribution in [-0.2, 0) is 16.9 Å². The number of hydrogen-bond donors (Lipinski definition) is 1. The Morgan fingerprint density at radius 1 is 0.933 bits per heavy atom. The Balaban J connectivity index is 1.47. The molecule has 8 heteroatoms. The average Bonchev–Trinajstić information content (AvgIpc) is 3.33. The smallest absolute Gasteiger partial charge is 0.319 e. The lowest BCUT2D eigenvalue weighted by atomic mass is 9.90. The van der Waals surface area contributed by atoms with E-state index in [2.05, 4.69) is 20.8 Å². The third-order valence-electron chi connectivity index (χ3n) is 5.44. The number of carbonyl (C=O) groups is 2. The Labute approximate surface area is 172 Å². The zero-order valence-electron chi connectivity index (χ0n) is 16.2. The van der Waals surface area contributed by atoms with E-state index in [1.165, 1.54) is 4.68 Å². The fourth-order valence-electron chi connectivity index (χ4n) is 3.75. The number of imide groups is 1. The van der Waals surface area contributed by atoms with Gasteiger partial charge in [0, 0.05) is 0 Å². The highest BCUT2D eigenvalue weighted by Gasteiger charge is 2.49. The van der Waals surface area contributed by atoms with Crippen molar-refractivity contribution < 1.29 is 9.59 Å². The number of carbonyl (C=O) groups excluding carboxylic acids is 2. The molecule has 8 nitrogen and oxygen atoms in total. The van der Waals surface area contributed by atoms with Crippen molar-refractivity contribution in [1.82, 2.24) is 30.4 Å². The molecule has 1 saturated heterocycles. The first-order valence-corrected chi connectivity index (χ1v) is 9.52. The Kier molecular flexibility index (Phi) is 4.06. The molecule has 3 amide bonds. The molecular formula is C22H18N6O2.